The number of nitrogens with zero attached hydrogens (tertiary/aromatic N) is 1. The number of aliphatic hydroxyl groups is 1. The number of hydrogen-bond acceptors (Lipinski definition) is 2. The van der Waals surface area contributed by atoms with E-state index in [2.05, 4.69) is 18.7 Å². The van der Waals surface area contributed by atoms with Crippen LogP contribution in [0.15, 0.2) is 18.2 Å². The zero-order valence-corrected chi connectivity index (χ0v) is 11.3. The predicted molar refractivity (Wildman–Crippen MR) is 72.7 cm³/mol. The molecule has 0 aromatic heterocycles. The molecule has 4 nitrogen and oxygen atoms in total. The Hall–Kier alpha value is -1.39. The minimum absolute atomic E-state index is 0.262. The van der Waals surface area contributed by atoms with Gasteiger partial charge in [0.25, 0.3) is 0 Å². The lowest BCUT2D eigenvalue weighted by molar-refractivity contribution is -0.254. The highest BCUT2D eigenvalue weighted by Gasteiger charge is 2.21. The summed E-state index contributed by atoms with van der Waals surface area (Å²) in [6, 6.07) is 6.10. The fourth-order valence-electron chi connectivity index (χ4n) is 2.25. The molecular weight excluding hydrogens is 228 g/mol. The second-order valence-electron chi connectivity index (χ2n) is 4.32. The average molecular weight is 251 g/mol. The second kappa shape index (κ2) is 7.13. The molecule has 18 heavy (non-hydrogen) atoms. The van der Waals surface area contributed by atoms with Crippen molar-refractivity contribution in [3.05, 3.63) is 23.8 Å². The van der Waals surface area contributed by atoms with E-state index in [1.165, 1.54) is 5.56 Å². The van der Waals surface area contributed by atoms with E-state index in [1.54, 1.807) is 0 Å². The maximum Gasteiger partial charge on any atom is 0.226 e. The van der Waals surface area contributed by atoms with Crippen LogP contribution < -0.4 is 10.6 Å². The number of aliphatic hydroxyl groups excluding tert-OH is 1. The first-order valence-electron chi connectivity index (χ1n) is 6.42. The highest BCUT2D eigenvalue weighted by atomic mass is 16.2. The van der Waals surface area contributed by atoms with Crippen molar-refractivity contribution in [1.82, 2.24) is 0 Å². The van der Waals surface area contributed by atoms with Gasteiger partial charge in [-0.15, -0.1) is 0 Å². The molecule has 1 aromatic rings. The monoisotopic (exact) mass is 251 g/mol. The Bertz CT molecular complexity index is 405. The van der Waals surface area contributed by atoms with E-state index >= 15 is 0 Å². The Labute approximate surface area is 108 Å². The van der Waals surface area contributed by atoms with Crippen molar-refractivity contribution in [1.29, 1.82) is 0 Å². The Morgan fingerprint density at radius 1 is 1.33 bits per heavy atom. The molecule has 1 fully saturated rings. The van der Waals surface area contributed by atoms with E-state index < -0.39 is 0 Å². The third-order valence-corrected chi connectivity index (χ3v) is 3.14. The fourth-order valence-corrected chi connectivity index (χ4v) is 2.25. The molecule has 0 radical (unpaired) electrons. The zero-order chi connectivity index (χ0) is 13.5. The Kier molecular flexibility index (Phi) is 5.82. The van der Waals surface area contributed by atoms with E-state index in [9.17, 15) is 4.79 Å². The molecule has 0 saturated carbocycles. The van der Waals surface area contributed by atoms with Gasteiger partial charge >= 0.3 is 0 Å². The Balaban J connectivity index is 0.000000771. The second-order valence-corrected chi connectivity index (χ2v) is 4.32. The predicted octanol–water partition coefficient (Wildman–Crippen LogP) is 1.25. The van der Waals surface area contributed by atoms with E-state index in [1.807, 2.05) is 17.0 Å². The largest absolute Gasteiger partial charge is 0.400 e. The van der Waals surface area contributed by atoms with E-state index in [0.29, 0.717) is 6.42 Å². The number of aryl methyl sites for hydroxylation is 1. The van der Waals surface area contributed by atoms with Gasteiger partial charge in [-0.1, -0.05) is 6.92 Å². The van der Waals surface area contributed by atoms with Gasteiger partial charge < -0.3 is 15.7 Å². The summed E-state index contributed by atoms with van der Waals surface area (Å²) in [5.41, 5.74) is 7.26. The highest BCUT2D eigenvalue weighted by molar-refractivity contribution is 5.94. The van der Waals surface area contributed by atoms with Crippen LogP contribution in [0.25, 0.3) is 0 Å². The van der Waals surface area contributed by atoms with Crippen LogP contribution >= 0.6 is 0 Å². The van der Waals surface area contributed by atoms with E-state index in [4.69, 9.17) is 5.11 Å². The van der Waals surface area contributed by atoms with Gasteiger partial charge in [-0.25, -0.2) is 0 Å². The summed E-state index contributed by atoms with van der Waals surface area (Å²) < 4.78 is 0. The van der Waals surface area contributed by atoms with Crippen molar-refractivity contribution < 1.29 is 15.6 Å². The van der Waals surface area contributed by atoms with Gasteiger partial charge in [0, 0.05) is 37.9 Å². The first-order chi connectivity index (χ1) is 8.72. The third-order valence-electron chi connectivity index (χ3n) is 3.14. The molecule has 1 amide bonds. The van der Waals surface area contributed by atoms with Crippen LogP contribution in [0.3, 0.4) is 0 Å². The quantitative estimate of drug-likeness (QED) is 0.830. The van der Waals surface area contributed by atoms with Gasteiger partial charge in [-0.05, 0) is 30.9 Å². The smallest absolute Gasteiger partial charge is 0.226 e. The third kappa shape index (κ3) is 3.31. The maximum absolute atomic E-state index is 11.9. The molecule has 0 unspecified atom stereocenters. The maximum atomic E-state index is 11.9. The first-order valence-corrected chi connectivity index (χ1v) is 6.42. The van der Waals surface area contributed by atoms with Crippen molar-refractivity contribution in [2.75, 3.05) is 18.6 Å². The van der Waals surface area contributed by atoms with Crippen LogP contribution in [0.1, 0.15) is 31.7 Å². The molecule has 0 spiro atoms. The molecule has 0 atom stereocenters. The minimum atomic E-state index is 0.262. The Morgan fingerprint density at radius 2 is 2.06 bits per heavy atom. The number of hydrogen-bond donors (Lipinski definition) is 2. The van der Waals surface area contributed by atoms with E-state index in [0.717, 1.165) is 44.3 Å². The number of rotatable bonds is 2. The SMILES string of the molecule is CCc1cc([NH3+])ccc1N1CCCCC1=O.CO. The van der Waals surface area contributed by atoms with Crippen molar-refractivity contribution >= 4 is 17.3 Å². The van der Waals surface area contributed by atoms with Crippen LogP contribution in [0, 0.1) is 0 Å². The lowest BCUT2D eigenvalue weighted by atomic mass is 10.0. The van der Waals surface area contributed by atoms with Crippen molar-refractivity contribution in [3.8, 4) is 0 Å². The van der Waals surface area contributed by atoms with Crippen LogP contribution in [0.2, 0.25) is 0 Å². The number of carbonyl (C=O) groups is 1. The van der Waals surface area contributed by atoms with Crippen LogP contribution in [0.5, 0.6) is 0 Å². The molecule has 1 aliphatic heterocycles. The van der Waals surface area contributed by atoms with Gasteiger partial charge in [0.15, 0.2) is 0 Å². The summed E-state index contributed by atoms with van der Waals surface area (Å²) in [5.74, 6) is 0.262. The lowest BCUT2D eigenvalue weighted by Crippen LogP contribution is -2.40. The molecule has 4 N–H and O–H groups in total. The minimum Gasteiger partial charge on any atom is -0.400 e. The number of benzene rings is 1. The number of anilines is 1. The standard InChI is InChI=1S/C13H18N2O.CH4O/c1-2-10-9-11(14)6-7-12(10)15-8-4-3-5-13(15)16;1-2/h6-7,9H,2-5,8,14H2,1H3;2H,1H3/p+1. The van der Waals surface area contributed by atoms with Crippen molar-refractivity contribution in [3.63, 3.8) is 0 Å². The molecule has 0 aliphatic carbocycles. The molecule has 1 saturated heterocycles. The molecule has 4 heteroatoms. The normalized spacial score (nSPS) is 15.1. The molecule has 100 valence electrons. The van der Waals surface area contributed by atoms with Crippen molar-refractivity contribution in [2.24, 2.45) is 0 Å². The van der Waals surface area contributed by atoms with Gasteiger partial charge in [0.1, 0.15) is 5.69 Å². The van der Waals surface area contributed by atoms with Crippen molar-refractivity contribution in [2.45, 2.75) is 32.6 Å². The molecular formula is C14H23N2O2+. The van der Waals surface area contributed by atoms with Crippen LogP contribution in [-0.4, -0.2) is 24.7 Å². The van der Waals surface area contributed by atoms with Gasteiger partial charge in [0.2, 0.25) is 5.91 Å². The van der Waals surface area contributed by atoms with Gasteiger partial charge in [-0.3, -0.25) is 4.79 Å². The summed E-state index contributed by atoms with van der Waals surface area (Å²) in [4.78, 5) is 13.8. The summed E-state index contributed by atoms with van der Waals surface area (Å²) in [5, 5.41) is 7.00. The molecule has 1 aromatic carbocycles. The number of quaternary nitrogens is 1. The molecule has 1 heterocycles. The summed E-state index contributed by atoms with van der Waals surface area (Å²) in [7, 11) is 1.00. The number of carbonyl (C=O) groups excluding carboxylic acids is 1. The topological polar surface area (TPSA) is 68.2 Å². The van der Waals surface area contributed by atoms with Gasteiger partial charge in [-0.2, -0.15) is 0 Å². The van der Waals surface area contributed by atoms with Crippen LogP contribution in [-0.2, 0) is 11.2 Å². The van der Waals surface area contributed by atoms with Gasteiger partial charge in [0.05, 0.1) is 0 Å². The fraction of sp³-hybridized carbons (Fsp3) is 0.500. The number of piperidine rings is 1. The van der Waals surface area contributed by atoms with E-state index in [-0.39, 0.29) is 5.91 Å². The lowest BCUT2D eigenvalue weighted by Gasteiger charge is -2.28. The summed E-state index contributed by atoms with van der Waals surface area (Å²) >= 11 is 0. The van der Waals surface area contributed by atoms with Crippen LogP contribution in [0.4, 0.5) is 11.4 Å². The summed E-state index contributed by atoms with van der Waals surface area (Å²) in [6.07, 6.45) is 3.78. The average Bonchev–Trinajstić information content (AvgIpc) is 2.42. The molecule has 1 aliphatic rings. The zero-order valence-electron chi connectivity index (χ0n) is 11.3. The Morgan fingerprint density at radius 3 is 2.67 bits per heavy atom. The molecule has 2 rings (SSSR count). The highest BCUT2D eigenvalue weighted by Crippen LogP contribution is 2.26. The number of amides is 1. The molecule has 0 bridgehead atoms. The first kappa shape index (κ1) is 14.7. The summed E-state index contributed by atoms with van der Waals surface area (Å²) in [6.45, 7) is 2.98.